The second-order valence-electron chi connectivity index (χ2n) is 6.58. The summed E-state index contributed by atoms with van der Waals surface area (Å²) in [5.74, 6) is -1.66. The summed E-state index contributed by atoms with van der Waals surface area (Å²) in [6.45, 7) is 3.49. The number of Topliss-reactive ketones (excluding diaryl/α,β-unsaturated/α-hetero) is 1. The second-order valence-corrected chi connectivity index (χ2v) is 6.58. The van der Waals surface area contributed by atoms with Crippen LogP contribution >= 0.6 is 0 Å². The van der Waals surface area contributed by atoms with Gasteiger partial charge in [-0.05, 0) is 19.4 Å². The van der Waals surface area contributed by atoms with Gasteiger partial charge in [0.15, 0.2) is 0 Å². The van der Waals surface area contributed by atoms with Crippen LogP contribution in [0.2, 0.25) is 0 Å². The highest BCUT2D eigenvalue weighted by molar-refractivity contribution is 6.46. The van der Waals surface area contributed by atoms with Crippen LogP contribution in [0.3, 0.4) is 0 Å². The fraction of sp³-hybridized carbons (Fsp3) is 0.238. The summed E-state index contributed by atoms with van der Waals surface area (Å²) < 4.78 is 0. The van der Waals surface area contributed by atoms with Gasteiger partial charge in [0.05, 0.1) is 17.7 Å². The number of aliphatic hydroxyl groups is 2. The van der Waals surface area contributed by atoms with Gasteiger partial charge in [0, 0.05) is 12.1 Å². The molecule has 26 heavy (non-hydrogen) atoms. The first-order chi connectivity index (χ1) is 12.4. The summed E-state index contributed by atoms with van der Waals surface area (Å²) >= 11 is 0. The first kappa shape index (κ1) is 17.9. The lowest BCUT2D eigenvalue weighted by Crippen LogP contribution is -2.35. The van der Waals surface area contributed by atoms with Crippen LogP contribution in [0.15, 0.2) is 60.2 Å². The van der Waals surface area contributed by atoms with E-state index in [0.29, 0.717) is 11.1 Å². The molecule has 1 amide bonds. The molecule has 1 aliphatic rings. The Morgan fingerprint density at radius 3 is 2.27 bits per heavy atom. The Bertz CT molecular complexity index is 853. The van der Waals surface area contributed by atoms with Crippen LogP contribution in [-0.4, -0.2) is 39.5 Å². The van der Waals surface area contributed by atoms with E-state index in [0.717, 1.165) is 5.56 Å². The smallest absolute Gasteiger partial charge is 0.295 e. The quantitative estimate of drug-likeness (QED) is 0.504. The van der Waals surface area contributed by atoms with Crippen LogP contribution in [0.25, 0.3) is 5.76 Å². The maximum atomic E-state index is 12.7. The molecule has 1 fully saturated rings. The molecule has 2 N–H and O–H groups in total. The predicted octanol–water partition coefficient (Wildman–Crippen LogP) is 2.80. The minimum atomic E-state index is -0.793. The number of ketones is 1. The fourth-order valence-corrected chi connectivity index (χ4v) is 3.20. The van der Waals surface area contributed by atoms with Crippen molar-refractivity contribution in [1.82, 2.24) is 4.90 Å². The second kappa shape index (κ2) is 7.14. The van der Waals surface area contributed by atoms with E-state index in [-0.39, 0.29) is 17.9 Å². The van der Waals surface area contributed by atoms with Crippen LogP contribution in [0, 0.1) is 6.92 Å². The molecule has 0 aliphatic carbocycles. The van der Waals surface area contributed by atoms with E-state index in [2.05, 4.69) is 0 Å². The molecule has 0 bridgehead atoms. The first-order valence-electron chi connectivity index (χ1n) is 8.48. The number of carbonyl (C=O) groups is 2. The number of aryl methyl sites for hydroxylation is 1. The number of carbonyl (C=O) groups excluding carboxylic acids is 2. The van der Waals surface area contributed by atoms with Crippen molar-refractivity contribution in [3.8, 4) is 0 Å². The summed E-state index contributed by atoms with van der Waals surface area (Å²) in [4.78, 5) is 26.5. The normalized spacial score (nSPS) is 20.4. The average Bonchev–Trinajstić information content (AvgIpc) is 2.87. The Labute approximate surface area is 152 Å². The van der Waals surface area contributed by atoms with Gasteiger partial charge in [-0.1, -0.05) is 60.2 Å². The van der Waals surface area contributed by atoms with Crippen molar-refractivity contribution in [3.63, 3.8) is 0 Å². The molecule has 0 aromatic heterocycles. The Morgan fingerprint density at radius 1 is 1.08 bits per heavy atom. The summed E-state index contributed by atoms with van der Waals surface area (Å²) in [5, 5.41) is 20.6. The Kier molecular flexibility index (Phi) is 4.91. The third-order valence-corrected chi connectivity index (χ3v) is 4.44. The largest absolute Gasteiger partial charge is 0.507 e. The predicted molar refractivity (Wildman–Crippen MR) is 98.3 cm³/mol. The van der Waals surface area contributed by atoms with Crippen LogP contribution in [0.1, 0.15) is 29.7 Å². The van der Waals surface area contributed by atoms with E-state index < -0.39 is 23.8 Å². The maximum absolute atomic E-state index is 12.7. The van der Waals surface area contributed by atoms with E-state index in [1.165, 1.54) is 4.90 Å². The number of amides is 1. The third-order valence-electron chi connectivity index (χ3n) is 4.44. The van der Waals surface area contributed by atoms with Crippen molar-refractivity contribution in [2.24, 2.45) is 0 Å². The van der Waals surface area contributed by atoms with Crippen LogP contribution in [0.5, 0.6) is 0 Å². The Balaban J connectivity index is 2.17. The number of aliphatic hydroxyl groups excluding tert-OH is 2. The molecule has 2 aromatic carbocycles. The first-order valence-corrected chi connectivity index (χ1v) is 8.48. The summed E-state index contributed by atoms with van der Waals surface area (Å²) in [5.41, 5.74) is 2.26. The lowest BCUT2D eigenvalue weighted by atomic mass is 9.95. The van der Waals surface area contributed by atoms with E-state index >= 15 is 0 Å². The van der Waals surface area contributed by atoms with Crippen molar-refractivity contribution in [2.45, 2.75) is 26.0 Å². The SMILES string of the molecule is Cc1ccc(C(O)=C2C(=O)C(=O)N(C[C@H](C)O)[C@@H]2c2ccccc2)cc1. The number of benzene rings is 2. The number of hydrogen-bond acceptors (Lipinski definition) is 4. The van der Waals surface area contributed by atoms with Gasteiger partial charge in [-0.25, -0.2) is 0 Å². The molecule has 3 rings (SSSR count). The molecule has 2 atom stereocenters. The molecule has 1 heterocycles. The summed E-state index contributed by atoms with van der Waals surface area (Å²) in [6, 6.07) is 15.4. The van der Waals surface area contributed by atoms with Crippen molar-refractivity contribution in [2.75, 3.05) is 6.54 Å². The highest BCUT2D eigenvalue weighted by Crippen LogP contribution is 2.39. The van der Waals surface area contributed by atoms with Crippen LogP contribution < -0.4 is 0 Å². The minimum Gasteiger partial charge on any atom is -0.507 e. The summed E-state index contributed by atoms with van der Waals surface area (Å²) in [7, 11) is 0. The van der Waals surface area contributed by atoms with Gasteiger partial charge in [0.2, 0.25) is 0 Å². The van der Waals surface area contributed by atoms with Crippen LogP contribution in [0.4, 0.5) is 0 Å². The van der Waals surface area contributed by atoms with E-state index in [1.54, 1.807) is 31.2 Å². The molecule has 0 saturated carbocycles. The number of β-amino-alcohol motifs (C(OH)–C–C–N with tert-alkyl or cyclic N) is 1. The van der Waals surface area contributed by atoms with Crippen molar-refractivity contribution < 1.29 is 19.8 Å². The number of nitrogens with zero attached hydrogens (tertiary/aromatic N) is 1. The molecule has 5 nitrogen and oxygen atoms in total. The maximum Gasteiger partial charge on any atom is 0.295 e. The van der Waals surface area contributed by atoms with Crippen molar-refractivity contribution in [1.29, 1.82) is 0 Å². The zero-order valence-corrected chi connectivity index (χ0v) is 14.7. The van der Waals surface area contributed by atoms with Crippen molar-refractivity contribution in [3.05, 3.63) is 76.9 Å². The lowest BCUT2D eigenvalue weighted by Gasteiger charge is -2.26. The minimum absolute atomic E-state index is 0.00874. The van der Waals surface area contributed by atoms with Crippen LogP contribution in [-0.2, 0) is 9.59 Å². The molecule has 5 heteroatoms. The van der Waals surface area contributed by atoms with Crippen molar-refractivity contribution >= 4 is 17.4 Å². The zero-order chi connectivity index (χ0) is 18.8. The molecule has 0 spiro atoms. The van der Waals surface area contributed by atoms with E-state index in [4.69, 9.17) is 0 Å². The third kappa shape index (κ3) is 3.26. The molecule has 0 radical (unpaired) electrons. The van der Waals surface area contributed by atoms with Gasteiger partial charge >= 0.3 is 0 Å². The van der Waals surface area contributed by atoms with E-state index in [1.807, 2.05) is 37.3 Å². The average molecular weight is 351 g/mol. The highest BCUT2D eigenvalue weighted by atomic mass is 16.3. The fourth-order valence-electron chi connectivity index (χ4n) is 3.20. The zero-order valence-electron chi connectivity index (χ0n) is 14.7. The highest BCUT2D eigenvalue weighted by Gasteiger charge is 2.46. The summed E-state index contributed by atoms with van der Waals surface area (Å²) in [6.07, 6.45) is -0.793. The van der Waals surface area contributed by atoms with Gasteiger partial charge in [-0.15, -0.1) is 0 Å². The van der Waals surface area contributed by atoms with E-state index in [9.17, 15) is 19.8 Å². The topological polar surface area (TPSA) is 77.8 Å². The number of rotatable bonds is 4. The molecule has 134 valence electrons. The molecular formula is C21H21NO4. The Hall–Kier alpha value is -2.92. The van der Waals surface area contributed by atoms with Gasteiger partial charge in [-0.3, -0.25) is 9.59 Å². The standard InChI is InChI=1S/C21H21NO4/c1-13-8-10-16(11-9-13)19(24)17-18(15-6-4-3-5-7-15)22(12-14(2)23)21(26)20(17)25/h3-11,14,18,23-24H,12H2,1-2H3/t14-,18+/m0/s1. The number of likely N-dealkylation sites (tertiary alicyclic amines) is 1. The monoisotopic (exact) mass is 351 g/mol. The lowest BCUT2D eigenvalue weighted by molar-refractivity contribution is -0.140. The Morgan fingerprint density at radius 2 is 1.69 bits per heavy atom. The van der Waals surface area contributed by atoms with Gasteiger partial charge in [0.25, 0.3) is 11.7 Å². The number of hydrogen-bond donors (Lipinski definition) is 2. The molecule has 2 aromatic rings. The molecule has 0 unspecified atom stereocenters. The van der Waals surface area contributed by atoms with Gasteiger partial charge < -0.3 is 15.1 Å². The van der Waals surface area contributed by atoms with Gasteiger partial charge in [0.1, 0.15) is 5.76 Å². The molecular weight excluding hydrogens is 330 g/mol. The molecule has 1 aliphatic heterocycles. The molecule has 1 saturated heterocycles. The van der Waals surface area contributed by atoms with Gasteiger partial charge in [-0.2, -0.15) is 0 Å².